The van der Waals surface area contributed by atoms with Crippen molar-refractivity contribution in [2.24, 2.45) is 0 Å². The topological polar surface area (TPSA) is 53.6 Å². The van der Waals surface area contributed by atoms with E-state index in [9.17, 15) is 4.79 Å². The fourth-order valence-electron chi connectivity index (χ4n) is 2.86. The number of aryl methyl sites for hydroxylation is 1. The van der Waals surface area contributed by atoms with Crippen molar-refractivity contribution >= 4 is 11.7 Å². The van der Waals surface area contributed by atoms with Gasteiger partial charge in [0.15, 0.2) is 0 Å². The first kappa shape index (κ1) is 19.8. The minimum absolute atomic E-state index is 0.0581. The number of urea groups is 1. The number of carbonyl (C=O) groups excluding carboxylic acids is 1. The van der Waals surface area contributed by atoms with Crippen LogP contribution in [-0.2, 0) is 6.42 Å². The third-order valence-electron chi connectivity index (χ3n) is 4.31. The molecule has 0 aromatic heterocycles. The molecule has 2 aromatic rings. The Balaban J connectivity index is 1.94. The maximum atomic E-state index is 12.2. The van der Waals surface area contributed by atoms with Gasteiger partial charge in [0.1, 0.15) is 5.75 Å². The van der Waals surface area contributed by atoms with Gasteiger partial charge in [0.2, 0.25) is 0 Å². The second kappa shape index (κ2) is 9.82. The van der Waals surface area contributed by atoms with E-state index in [0.29, 0.717) is 6.54 Å². The van der Waals surface area contributed by atoms with Crippen LogP contribution in [0, 0.1) is 0 Å². The highest BCUT2D eigenvalue weighted by atomic mass is 16.5. The van der Waals surface area contributed by atoms with Gasteiger partial charge in [-0.3, -0.25) is 0 Å². The lowest BCUT2D eigenvalue weighted by atomic mass is 10.1. The minimum Gasteiger partial charge on any atom is -0.497 e. The Morgan fingerprint density at radius 2 is 1.88 bits per heavy atom. The molecule has 2 amide bonds. The molecule has 0 aliphatic heterocycles. The Morgan fingerprint density at radius 1 is 1.15 bits per heavy atom. The van der Waals surface area contributed by atoms with Gasteiger partial charge < -0.3 is 20.3 Å². The zero-order valence-electron chi connectivity index (χ0n) is 16.1. The van der Waals surface area contributed by atoms with E-state index in [1.807, 2.05) is 50.5 Å². The molecule has 5 nitrogen and oxygen atoms in total. The van der Waals surface area contributed by atoms with E-state index >= 15 is 0 Å². The predicted molar refractivity (Wildman–Crippen MR) is 107 cm³/mol. The van der Waals surface area contributed by atoms with Crippen LogP contribution in [0.1, 0.15) is 30.5 Å². The summed E-state index contributed by atoms with van der Waals surface area (Å²) in [7, 11) is 5.65. The van der Waals surface area contributed by atoms with Crippen molar-refractivity contribution < 1.29 is 9.53 Å². The number of rotatable bonds is 8. The highest BCUT2D eigenvalue weighted by Crippen LogP contribution is 2.22. The molecular formula is C21H29N3O2. The van der Waals surface area contributed by atoms with Gasteiger partial charge in [-0.1, -0.05) is 37.6 Å². The van der Waals surface area contributed by atoms with Gasteiger partial charge in [-0.25, -0.2) is 4.79 Å². The molecule has 0 radical (unpaired) electrons. The van der Waals surface area contributed by atoms with E-state index < -0.39 is 0 Å². The maximum Gasteiger partial charge on any atom is 0.319 e. The van der Waals surface area contributed by atoms with Gasteiger partial charge in [-0.05, 0) is 55.9 Å². The zero-order chi connectivity index (χ0) is 18.9. The Kier molecular flexibility index (Phi) is 7.48. The molecule has 140 valence electrons. The SMILES string of the molecule is CCCc1ccc(NC(=O)NCC(c2cccc(OC)c2)N(C)C)cc1. The predicted octanol–water partition coefficient (Wildman–Crippen LogP) is 4.07. The van der Waals surface area contributed by atoms with E-state index in [1.165, 1.54) is 5.56 Å². The van der Waals surface area contributed by atoms with Crippen molar-refractivity contribution in [2.75, 3.05) is 33.1 Å². The van der Waals surface area contributed by atoms with E-state index in [0.717, 1.165) is 29.8 Å². The molecule has 0 spiro atoms. The molecule has 1 unspecified atom stereocenters. The Labute approximate surface area is 156 Å². The third-order valence-corrected chi connectivity index (χ3v) is 4.31. The smallest absolute Gasteiger partial charge is 0.319 e. The number of benzene rings is 2. The zero-order valence-corrected chi connectivity index (χ0v) is 16.1. The average molecular weight is 355 g/mol. The lowest BCUT2D eigenvalue weighted by molar-refractivity contribution is 0.243. The molecule has 5 heteroatoms. The number of hydrogen-bond acceptors (Lipinski definition) is 3. The average Bonchev–Trinajstić information content (AvgIpc) is 2.63. The van der Waals surface area contributed by atoms with Gasteiger partial charge in [-0.15, -0.1) is 0 Å². The summed E-state index contributed by atoms with van der Waals surface area (Å²) >= 11 is 0. The standard InChI is InChI=1S/C21H29N3O2/c1-5-7-16-10-12-18(13-11-16)23-21(25)22-15-20(24(2)3)17-8-6-9-19(14-17)26-4/h6,8-14,20H,5,7,15H2,1-4H3,(H2,22,23,25). The van der Waals surface area contributed by atoms with E-state index in [4.69, 9.17) is 4.74 Å². The largest absolute Gasteiger partial charge is 0.497 e. The second-order valence-electron chi connectivity index (χ2n) is 6.54. The van der Waals surface area contributed by atoms with E-state index in [-0.39, 0.29) is 12.1 Å². The minimum atomic E-state index is -0.206. The lowest BCUT2D eigenvalue weighted by Gasteiger charge is -2.25. The van der Waals surface area contributed by atoms with Gasteiger partial charge in [0.25, 0.3) is 0 Å². The molecule has 0 aliphatic carbocycles. The number of nitrogens with one attached hydrogen (secondary N) is 2. The molecule has 26 heavy (non-hydrogen) atoms. The number of methoxy groups -OCH3 is 1. The Morgan fingerprint density at radius 3 is 2.50 bits per heavy atom. The number of carbonyl (C=O) groups is 1. The first-order valence-electron chi connectivity index (χ1n) is 8.97. The summed E-state index contributed by atoms with van der Waals surface area (Å²) < 4.78 is 5.30. The van der Waals surface area contributed by atoms with Crippen molar-refractivity contribution in [3.63, 3.8) is 0 Å². The summed E-state index contributed by atoms with van der Waals surface area (Å²) in [5.41, 5.74) is 3.17. The summed E-state index contributed by atoms with van der Waals surface area (Å²) in [5, 5.41) is 5.84. The molecule has 0 aliphatic rings. The molecule has 0 heterocycles. The van der Waals surface area contributed by atoms with Gasteiger partial charge in [0, 0.05) is 12.2 Å². The number of amides is 2. The summed E-state index contributed by atoms with van der Waals surface area (Å²) in [6, 6.07) is 15.8. The van der Waals surface area contributed by atoms with Gasteiger partial charge >= 0.3 is 6.03 Å². The van der Waals surface area contributed by atoms with Crippen LogP contribution < -0.4 is 15.4 Å². The van der Waals surface area contributed by atoms with Crippen LogP contribution in [-0.4, -0.2) is 38.7 Å². The monoisotopic (exact) mass is 355 g/mol. The van der Waals surface area contributed by atoms with Crippen LogP contribution >= 0.6 is 0 Å². The number of hydrogen-bond donors (Lipinski definition) is 2. The number of nitrogens with zero attached hydrogens (tertiary/aromatic N) is 1. The molecule has 0 saturated carbocycles. The molecule has 0 bridgehead atoms. The summed E-state index contributed by atoms with van der Waals surface area (Å²) in [6.45, 7) is 2.66. The fraction of sp³-hybridized carbons (Fsp3) is 0.381. The number of likely N-dealkylation sites (N-methyl/N-ethyl adjacent to an activating group) is 1. The number of anilines is 1. The third kappa shape index (κ3) is 5.77. The highest BCUT2D eigenvalue weighted by molar-refractivity contribution is 5.89. The Hall–Kier alpha value is -2.53. The van der Waals surface area contributed by atoms with Crippen LogP contribution in [0.5, 0.6) is 5.75 Å². The first-order chi connectivity index (χ1) is 12.5. The van der Waals surface area contributed by atoms with Gasteiger partial charge in [0.05, 0.1) is 13.2 Å². The second-order valence-corrected chi connectivity index (χ2v) is 6.54. The van der Waals surface area contributed by atoms with Gasteiger partial charge in [-0.2, -0.15) is 0 Å². The first-order valence-corrected chi connectivity index (χ1v) is 8.97. The van der Waals surface area contributed by atoms with Crippen molar-refractivity contribution in [1.82, 2.24) is 10.2 Å². The summed E-state index contributed by atoms with van der Waals surface area (Å²) in [6.07, 6.45) is 2.17. The summed E-state index contributed by atoms with van der Waals surface area (Å²) in [4.78, 5) is 14.3. The molecule has 1 atom stereocenters. The molecule has 0 fully saturated rings. The van der Waals surface area contributed by atoms with Crippen molar-refractivity contribution in [2.45, 2.75) is 25.8 Å². The quantitative estimate of drug-likeness (QED) is 0.750. The van der Waals surface area contributed by atoms with Crippen LogP contribution in [0.25, 0.3) is 0 Å². The summed E-state index contributed by atoms with van der Waals surface area (Å²) in [5.74, 6) is 0.811. The van der Waals surface area contributed by atoms with Crippen LogP contribution in [0.15, 0.2) is 48.5 Å². The van der Waals surface area contributed by atoms with Crippen LogP contribution in [0.4, 0.5) is 10.5 Å². The van der Waals surface area contributed by atoms with E-state index in [1.54, 1.807) is 7.11 Å². The van der Waals surface area contributed by atoms with Crippen molar-refractivity contribution in [3.8, 4) is 5.75 Å². The Bertz CT molecular complexity index is 699. The normalized spacial score (nSPS) is 11.9. The molecule has 2 aromatic carbocycles. The molecular weight excluding hydrogens is 326 g/mol. The fourth-order valence-corrected chi connectivity index (χ4v) is 2.86. The van der Waals surface area contributed by atoms with Crippen molar-refractivity contribution in [1.29, 1.82) is 0 Å². The molecule has 2 rings (SSSR count). The molecule has 0 saturated heterocycles. The maximum absolute atomic E-state index is 12.2. The van der Waals surface area contributed by atoms with Crippen LogP contribution in [0.3, 0.4) is 0 Å². The van der Waals surface area contributed by atoms with Crippen LogP contribution in [0.2, 0.25) is 0 Å². The lowest BCUT2D eigenvalue weighted by Crippen LogP contribution is -2.36. The van der Waals surface area contributed by atoms with Crippen molar-refractivity contribution in [3.05, 3.63) is 59.7 Å². The highest BCUT2D eigenvalue weighted by Gasteiger charge is 2.16. The van der Waals surface area contributed by atoms with E-state index in [2.05, 4.69) is 34.6 Å². The number of ether oxygens (including phenoxy) is 1. The molecule has 2 N–H and O–H groups in total.